The lowest BCUT2D eigenvalue weighted by Crippen LogP contribution is -2.24. The maximum absolute atomic E-state index is 13.2. The molecule has 1 aromatic heterocycles. The van der Waals surface area contributed by atoms with E-state index < -0.39 is 0 Å². The third-order valence-electron chi connectivity index (χ3n) is 5.81. The Labute approximate surface area is 167 Å². The van der Waals surface area contributed by atoms with Crippen LogP contribution in [-0.4, -0.2) is 15.3 Å². The van der Waals surface area contributed by atoms with Crippen LogP contribution in [0.1, 0.15) is 53.2 Å². The van der Waals surface area contributed by atoms with E-state index in [0.717, 1.165) is 11.4 Å². The van der Waals surface area contributed by atoms with Crippen molar-refractivity contribution in [3.63, 3.8) is 0 Å². The van der Waals surface area contributed by atoms with Crippen LogP contribution in [0.5, 0.6) is 0 Å². The summed E-state index contributed by atoms with van der Waals surface area (Å²) in [7, 11) is 1.87. The smallest absolute Gasteiger partial charge is 0.295 e. The number of anilines is 1. The second kappa shape index (κ2) is 7.12. The summed E-state index contributed by atoms with van der Waals surface area (Å²) in [5.74, 6) is 0.114. The molecule has 28 heavy (non-hydrogen) atoms. The van der Waals surface area contributed by atoms with Crippen LogP contribution in [0.4, 0.5) is 5.69 Å². The Bertz CT molecular complexity index is 973. The van der Waals surface area contributed by atoms with Gasteiger partial charge < -0.3 is 5.32 Å². The highest BCUT2D eigenvalue weighted by Crippen LogP contribution is 2.59. The average molecular weight is 382 g/mol. The van der Waals surface area contributed by atoms with Gasteiger partial charge in [-0.3, -0.25) is 14.3 Å². The van der Waals surface area contributed by atoms with E-state index in [0.29, 0.717) is 5.69 Å². The van der Waals surface area contributed by atoms with Crippen LogP contribution in [0.2, 0.25) is 0 Å². The summed E-state index contributed by atoms with van der Waals surface area (Å²) >= 11 is 0. The molecular weight excluding hydrogens is 350 g/mol. The van der Waals surface area contributed by atoms with Crippen molar-refractivity contribution in [1.82, 2.24) is 9.36 Å². The molecule has 1 aromatic carbocycles. The van der Waals surface area contributed by atoms with E-state index in [1.807, 2.05) is 55.9 Å². The van der Waals surface area contributed by atoms with Crippen molar-refractivity contribution in [2.24, 2.45) is 24.3 Å². The number of hydrogen-bond acceptors (Lipinski definition) is 2. The zero-order valence-electron chi connectivity index (χ0n) is 17.9. The second-order valence-corrected chi connectivity index (χ2v) is 8.95. The first-order valence-corrected chi connectivity index (χ1v) is 9.90. The maximum atomic E-state index is 13.2. The number of carbonyl (C=O) groups excluding carboxylic acids is 1. The minimum atomic E-state index is -0.192. The molecule has 2 aromatic rings. The van der Waals surface area contributed by atoms with Crippen LogP contribution in [0.15, 0.2) is 46.8 Å². The molecule has 3 rings (SSSR count). The molecule has 0 bridgehead atoms. The van der Waals surface area contributed by atoms with E-state index >= 15 is 0 Å². The molecule has 5 heteroatoms. The molecule has 1 amide bonds. The van der Waals surface area contributed by atoms with Gasteiger partial charge in [-0.1, -0.05) is 57.5 Å². The summed E-state index contributed by atoms with van der Waals surface area (Å²) in [6, 6.07) is 9.51. The number of amides is 1. The molecule has 1 N–H and O–H groups in total. The number of benzene rings is 1. The van der Waals surface area contributed by atoms with Crippen molar-refractivity contribution in [2.75, 3.05) is 5.32 Å². The lowest BCUT2D eigenvalue weighted by molar-refractivity contribution is -0.118. The van der Waals surface area contributed by atoms with Gasteiger partial charge in [0, 0.05) is 7.05 Å². The summed E-state index contributed by atoms with van der Waals surface area (Å²) in [5.41, 5.74) is 2.94. The number of rotatable bonds is 5. The van der Waals surface area contributed by atoms with Crippen molar-refractivity contribution in [2.45, 2.75) is 47.5 Å². The molecule has 0 aliphatic heterocycles. The van der Waals surface area contributed by atoms with Gasteiger partial charge in [-0.15, -0.1) is 0 Å². The lowest BCUT2D eigenvalue weighted by Gasteiger charge is -2.13. The highest BCUT2D eigenvalue weighted by Gasteiger charge is 2.60. The van der Waals surface area contributed by atoms with Gasteiger partial charge >= 0.3 is 0 Å². The van der Waals surface area contributed by atoms with Crippen LogP contribution in [0.3, 0.4) is 0 Å². The van der Waals surface area contributed by atoms with Gasteiger partial charge in [0.05, 0.1) is 17.3 Å². The van der Waals surface area contributed by atoms with Crippen molar-refractivity contribution in [1.29, 1.82) is 0 Å². The molecule has 0 unspecified atom stereocenters. The first kappa shape index (κ1) is 20.2. The normalized spacial score (nSPS) is 20.1. The predicted octanol–water partition coefficient (Wildman–Crippen LogP) is 4.48. The van der Waals surface area contributed by atoms with Crippen LogP contribution in [0.25, 0.3) is 5.69 Å². The highest BCUT2D eigenvalue weighted by molar-refractivity contribution is 5.96. The predicted molar refractivity (Wildman–Crippen MR) is 114 cm³/mol. The van der Waals surface area contributed by atoms with Gasteiger partial charge in [0.15, 0.2) is 0 Å². The zero-order chi connectivity index (χ0) is 20.8. The minimum absolute atomic E-state index is 0.0719. The molecule has 0 saturated heterocycles. The fourth-order valence-corrected chi connectivity index (χ4v) is 4.31. The number of nitrogens with one attached hydrogen (secondary N) is 1. The number of hydrogen-bond donors (Lipinski definition) is 1. The van der Waals surface area contributed by atoms with Crippen molar-refractivity contribution in [3.8, 4) is 5.69 Å². The highest BCUT2D eigenvalue weighted by atomic mass is 16.2. The Morgan fingerprint density at radius 1 is 1.18 bits per heavy atom. The molecular formula is C23H31N3O2. The lowest BCUT2D eigenvalue weighted by atomic mass is 10.1. The third-order valence-corrected chi connectivity index (χ3v) is 5.81. The van der Waals surface area contributed by atoms with Gasteiger partial charge in [-0.25, -0.2) is 4.68 Å². The molecule has 1 fully saturated rings. The molecule has 1 saturated carbocycles. The number of carbonyl (C=O) groups is 1. The van der Waals surface area contributed by atoms with Crippen LogP contribution in [0, 0.1) is 17.3 Å². The summed E-state index contributed by atoms with van der Waals surface area (Å²) in [6.07, 6.45) is 2.17. The van der Waals surface area contributed by atoms with Crippen LogP contribution < -0.4 is 10.9 Å². The number of nitrogens with zero attached hydrogens (tertiary/aromatic N) is 2. The molecule has 1 heterocycles. The number of aromatic nitrogens is 2. The van der Waals surface area contributed by atoms with Gasteiger partial charge in [-0.05, 0) is 43.2 Å². The first-order chi connectivity index (χ1) is 13.1. The standard InChI is InChI=1S/C23H31N3O2/c1-14(2)13-17-18(23(17,5)6)21(27)24-19-20(15(3)4)25(7)26(22(19)28)16-11-9-8-10-12-16/h8-13,15,17-18H,1-7H3,(H,24,27)/t17-,18-/m0/s1. The summed E-state index contributed by atoms with van der Waals surface area (Å²) < 4.78 is 3.47. The Hall–Kier alpha value is -2.56. The SMILES string of the molecule is CC(C)=C[C@H]1[C@@H](C(=O)Nc2c(C(C)C)n(C)n(-c3ccccc3)c2=O)C1(C)C. The van der Waals surface area contributed by atoms with E-state index in [2.05, 4.69) is 39.1 Å². The van der Waals surface area contributed by atoms with E-state index in [4.69, 9.17) is 0 Å². The largest absolute Gasteiger partial charge is 0.320 e. The van der Waals surface area contributed by atoms with Crippen molar-refractivity contribution in [3.05, 3.63) is 58.0 Å². The summed E-state index contributed by atoms with van der Waals surface area (Å²) in [4.78, 5) is 26.3. The van der Waals surface area contributed by atoms with Crippen LogP contribution in [-0.2, 0) is 11.8 Å². The van der Waals surface area contributed by atoms with Crippen LogP contribution >= 0.6 is 0 Å². The van der Waals surface area contributed by atoms with Gasteiger partial charge in [0.1, 0.15) is 5.69 Å². The van der Waals surface area contributed by atoms with Gasteiger partial charge in [0.2, 0.25) is 5.91 Å². The molecule has 2 atom stereocenters. The van der Waals surface area contributed by atoms with E-state index in [1.165, 1.54) is 5.57 Å². The molecule has 0 spiro atoms. The van der Waals surface area contributed by atoms with Crippen molar-refractivity contribution < 1.29 is 4.79 Å². The molecule has 1 aliphatic carbocycles. The van der Waals surface area contributed by atoms with Gasteiger partial charge in [0.25, 0.3) is 5.56 Å². The third kappa shape index (κ3) is 3.34. The van der Waals surface area contributed by atoms with Gasteiger partial charge in [-0.2, -0.15) is 0 Å². The van der Waals surface area contributed by atoms with E-state index in [9.17, 15) is 9.59 Å². The number of para-hydroxylation sites is 1. The Kier molecular flexibility index (Phi) is 5.13. The van der Waals surface area contributed by atoms with Crippen molar-refractivity contribution >= 4 is 11.6 Å². The first-order valence-electron chi connectivity index (χ1n) is 9.90. The molecule has 150 valence electrons. The molecule has 0 radical (unpaired) electrons. The fraction of sp³-hybridized carbons (Fsp3) is 0.478. The fourth-order valence-electron chi connectivity index (χ4n) is 4.31. The second-order valence-electron chi connectivity index (χ2n) is 8.95. The minimum Gasteiger partial charge on any atom is -0.320 e. The molecule has 5 nitrogen and oxygen atoms in total. The average Bonchev–Trinajstić information content (AvgIpc) is 3.03. The summed E-state index contributed by atoms with van der Waals surface area (Å²) in [5, 5.41) is 2.99. The number of allylic oxidation sites excluding steroid dienone is 2. The summed E-state index contributed by atoms with van der Waals surface area (Å²) in [6.45, 7) is 12.4. The molecule has 1 aliphatic rings. The zero-order valence-corrected chi connectivity index (χ0v) is 17.9. The monoisotopic (exact) mass is 381 g/mol. The van der Waals surface area contributed by atoms with E-state index in [-0.39, 0.29) is 34.6 Å². The Morgan fingerprint density at radius 3 is 2.32 bits per heavy atom. The van der Waals surface area contributed by atoms with E-state index in [1.54, 1.807) is 4.68 Å². The Balaban J connectivity index is 2.00. The maximum Gasteiger partial charge on any atom is 0.295 e. The Morgan fingerprint density at radius 2 is 1.79 bits per heavy atom. The topological polar surface area (TPSA) is 56.0 Å². The quantitative estimate of drug-likeness (QED) is 0.777.